The van der Waals surface area contributed by atoms with Gasteiger partial charge >= 0.3 is 0 Å². The molecule has 0 spiro atoms. The molecule has 0 radical (unpaired) electrons. The van der Waals surface area contributed by atoms with Gasteiger partial charge in [-0.25, -0.2) is 0 Å². The third-order valence-electron chi connectivity index (χ3n) is 2.49. The molecule has 1 aromatic rings. The van der Waals surface area contributed by atoms with Crippen molar-refractivity contribution < 1.29 is 0 Å². The van der Waals surface area contributed by atoms with E-state index in [1.807, 2.05) is 12.1 Å². The fourth-order valence-corrected chi connectivity index (χ4v) is 1.20. The first-order chi connectivity index (χ1) is 5.91. The lowest BCUT2D eigenvalue weighted by Gasteiger charge is -2.26. The maximum Gasteiger partial charge on any atom is 0.0589 e. The molecule has 0 bridgehead atoms. The van der Waals surface area contributed by atoms with Crippen LogP contribution in [-0.2, 0) is 0 Å². The maximum atomic E-state index is 5.77. The lowest BCUT2D eigenvalue weighted by Crippen LogP contribution is -2.16. The highest BCUT2D eigenvalue weighted by atomic mass is 35.5. The molecule has 2 heteroatoms. The molecule has 0 aliphatic heterocycles. The highest BCUT2D eigenvalue weighted by Crippen LogP contribution is 2.33. The molecule has 0 saturated carbocycles. The second-order valence-corrected chi connectivity index (χ2v) is 4.93. The minimum atomic E-state index is 0.251. The average molecular weight is 198 g/mol. The van der Waals surface area contributed by atoms with Crippen molar-refractivity contribution in [3.63, 3.8) is 0 Å². The van der Waals surface area contributed by atoms with Crippen LogP contribution in [0.1, 0.15) is 39.3 Å². The molecule has 1 aromatic heterocycles. The Morgan fingerprint density at radius 2 is 1.92 bits per heavy atom. The van der Waals surface area contributed by atoms with Gasteiger partial charge in [0, 0.05) is 17.8 Å². The predicted octanol–water partition coefficient (Wildman–Crippen LogP) is 3.88. The van der Waals surface area contributed by atoms with Crippen LogP contribution in [0.15, 0.2) is 18.3 Å². The van der Waals surface area contributed by atoms with E-state index in [0.717, 1.165) is 5.69 Å². The van der Waals surface area contributed by atoms with Gasteiger partial charge in [-0.3, -0.25) is 4.98 Å². The van der Waals surface area contributed by atoms with Gasteiger partial charge in [-0.1, -0.05) is 39.3 Å². The minimum Gasteiger partial charge on any atom is -0.259 e. The lowest BCUT2D eigenvalue weighted by atomic mass is 9.80. The molecule has 0 unspecified atom stereocenters. The molecule has 0 N–H and O–H groups in total. The van der Waals surface area contributed by atoms with Crippen molar-refractivity contribution in [1.82, 2.24) is 4.98 Å². The largest absolute Gasteiger partial charge is 0.259 e. The summed E-state index contributed by atoms with van der Waals surface area (Å²) in [5.41, 5.74) is 1.36. The Bertz CT molecular complexity index is 271. The maximum absolute atomic E-state index is 5.77. The van der Waals surface area contributed by atoms with Crippen molar-refractivity contribution >= 4 is 11.6 Å². The molecule has 0 fully saturated rings. The van der Waals surface area contributed by atoms with Crippen molar-refractivity contribution in [1.29, 1.82) is 0 Å². The SMILES string of the molecule is C[C@@H](c1ccc(Cl)cn1)C(C)(C)C. The van der Waals surface area contributed by atoms with Gasteiger partial charge in [0.25, 0.3) is 0 Å². The summed E-state index contributed by atoms with van der Waals surface area (Å²) >= 11 is 5.77. The van der Waals surface area contributed by atoms with E-state index in [0.29, 0.717) is 10.9 Å². The highest BCUT2D eigenvalue weighted by Gasteiger charge is 2.22. The summed E-state index contributed by atoms with van der Waals surface area (Å²) in [5, 5.41) is 0.699. The van der Waals surface area contributed by atoms with Crippen molar-refractivity contribution in [3.8, 4) is 0 Å². The fourth-order valence-electron chi connectivity index (χ4n) is 1.09. The van der Waals surface area contributed by atoms with Crippen LogP contribution >= 0.6 is 11.6 Å². The molecule has 0 saturated heterocycles. The molecule has 0 aromatic carbocycles. The van der Waals surface area contributed by atoms with Gasteiger partial charge in [0.15, 0.2) is 0 Å². The third-order valence-corrected chi connectivity index (χ3v) is 2.72. The monoisotopic (exact) mass is 197 g/mol. The Morgan fingerprint density at radius 1 is 1.31 bits per heavy atom. The van der Waals surface area contributed by atoms with Crippen molar-refractivity contribution in [3.05, 3.63) is 29.0 Å². The first-order valence-corrected chi connectivity index (χ1v) is 4.90. The summed E-state index contributed by atoms with van der Waals surface area (Å²) in [4.78, 5) is 4.31. The normalized spacial score (nSPS) is 14.2. The van der Waals surface area contributed by atoms with E-state index in [2.05, 4.69) is 32.7 Å². The van der Waals surface area contributed by atoms with Gasteiger partial charge in [-0.05, 0) is 17.5 Å². The van der Waals surface area contributed by atoms with Gasteiger partial charge in [-0.2, -0.15) is 0 Å². The highest BCUT2D eigenvalue weighted by molar-refractivity contribution is 6.30. The van der Waals surface area contributed by atoms with Crippen LogP contribution < -0.4 is 0 Å². The fraction of sp³-hybridized carbons (Fsp3) is 0.545. The van der Waals surface area contributed by atoms with E-state index in [-0.39, 0.29) is 5.41 Å². The molecular formula is C11H16ClN. The number of hydrogen-bond acceptors (Lipinski definition) is 1. The van der Waals surface area contributed by atoms with Crippen LogP contribution in [-0.4, -0.2) is 4.98 Å². The van der Waals surface area contributed by atoms with Gasteiger partial charge in [0.1, 0.15) is 0 Å². The number of aromatic nitrogens is 1. The second-order valence-electron chi connectivity index (χ2n) is 4.49. The zero-order valence-electron chi connectivity index (χ0n) is 8.63. The zero-order valence-corrected chi connectivity index (χ0v) is 9.39. The summed E-state index contributed by atoms with van der Waals surface area (Å²) in [7, 11) is 0. The molecular weight excluding hydrogens is 182 g/mol. The minimum absolute atomic E-state index is 0.251. The molecule has 72 valence electrons. The van der Waals surface area contributed by atoms with Crippen LogP contribution in [0.5, 0.6) is 0 Å². The average Bonchev–Trinajstić information content (AvgIpc) is 2.03. The number of rotatable bonds is 1. The van der Waals surface area contributed by atoms with Gasteiger partial charge in [0.2, 0.25) is 0 Å². The van der Waals surface area contributed by atoms with Gasteiger partial charge in [-0.15, -0.1) is 0 Å². The Balaban J connectivity index is 2.90. The number of pyridine rings is 1. The lowest BCUT2D eigenvalue weighted by molar-refractivity contribution is 0.334. The van der Waals surface area contributed by atoms with Crippen LogP contribution in [0.3, 0.4) is 0 Å². The second kappa shape index (κ2) is 3.67. The summed E-state index contributed by atoms with van der Waals surface area (Å²) in [6, 6.07) is 3.89. The Hall–Kier alpha value is -0.560. The Labute approximate surface area is 85.1 Å². The standard InChI is InChI=1S/C11H16ClN/c1-8(11(2,3)4)10-6-5-9(12)7-13-10/h5-8H,1-4H3/t8-/m0/s1. The number of nitrogens with zero attached hydrogens (tertiary/aromatic N) is 1. The van der Waals surface area contributed by atoms with E-state index < -0.39 is 0 Å². The third kappa shape index (κ3) is 2.70. The predicted molar refractivity (Wildman–Crippen MR) is 57.1 cm³/mol. The van der Waals surface area contributed by atoms with E-state index in [4.69, 9.17) is 11.6 Å². The first-order valence-electron chi connectivity index (χ1n) is 4.52. The van der Waals surface area contributed by atoms with E-state index in [9.17, 15) is 0 Å². The van der Waals surface area contributed by atoms with Crippen molar-refractivity contribution in [2.24, 2.45) is 5.41 Å². The van der Waals surface area contributed by atoms with Crippen LogP contribution in [0, 0.1) is 5.41 Å². The zero-order chi connectivity index (χ0) is 10.1. The molecule has 1 heterocycles. The molecule has 1 rings (SSSR count). The summed E-state index contributed by atoms with van der Waals surface area (Å²) in [6.45, 7) is 8.84. The molecule has 0 aliphatic carbocycles. The summed E-state index contributed by atoms with van der Waals surface area (Å²) in [5.74, 6) is 0.449. The van der Waals surface area contributed by atoms with Crippen LogP contribution in [0.25, 0.3) is 0 Å². The first kappa shape index (κ1) is 10.5. The van der Waals surface area contributed by atoms with Gasteiger partial charge in [0.05, 0.1) is 5.02 Å². The number of halogens is 1. The molecule has 0 aliphatic rings. The van der Waals surface area contributed by atoms with Crippen molar-refractivity contribution in [2.45, 2.75) is 33.6 Å². The molecule has 1 nitrogen and oxygen atoms in total. The smallest absolute Gasteiger partial charge is 0.0589 e. The van der Waals surface area contributed by atoms with Crippen LogP contribution in [0.2, 0.25) is 5.02 Å². The topological polar surface area (TPSA) is 12.9 Å². The van der Waals surface area contributed by atoms with Crippen molar-refractivity contribution in [2.75, 3.05) is 0 Å². The quantitative estimate of drug-likeness (QED) is 0.666. The summed E-state index contributed by atoms with van der Waals surface area (Å²) in [6.07, 6.45) is 1.71. The van der Waals surface area contributed by atoms with E-state index >= 15 is 0 Å². The van der Waals surface area contributed by atoms with Crippen LogP contribution in [0.4, 0.5) is 0 Å². The Kier molecular flexibility index (Phi) is 2.97. The van der Waals surface area contributed by atoms with E-state index in [1.165, 1.54) is 0 Å². The Morgan fingerprint density at radius 3 is 2.31 bits per heavy atom. The molecule has 13 heavy (non-hydrogen) atoms. The number of hydrogen-bond donors (Lipinski definition) is 0. The molecule has 1 atom stereocenters. The van der Waals surface area contributed by atoms with Gasteiger partial charge < -0.3 is 0 Å². The molecule has 0 amide bonds. The van der Waals surface area contributed by atoms with E-state index in [1.54, 1.807) is 6.20 Å². The summed E-state index contributed by atoms with van der Waals surface area (Å²) < 4.78 is 0.